The van der Waals surface area contributed by atoms with E-state index in [0.29, 0.717) is 37.3 Å². The molecule has 1 aliphatic heterocycles. The van der Waals surface area contributed by atoms with Crippen molar-refractivity contribution in [2.45, 2.75) is 18.4 Å². The number of carbonyl (C=O) groups excluding carboxylic acids is 2. The number of nitrogens with two attached hydrogens (primary N) is 1. The van der Waals surface area contributed by atoms with Crippen LogP contribution in [0.4, 0.5) is 5.69 Å². The second-order valence-electron chi connectivity index (χ2n) is 5.50. The molecule has 0 unspecified atom stereocenters. The summed E-state index contributed by atoms with van der Waals surface area (Å²) in [5.41, 5.74) is 6.44. The number of hydrogen-bond acceptors (Lipinski definition) is 4. The van der Waals surface area contributed by atoms with E-state index in [4.69, 9.17) is 10.5 Å². The highest BCUT2D eigenvalue weighted by Gasteiger charge is 2.35. The van der Waals surface area contributed by atoms with Gasteiger partial charge in [-0.15, -0.1) is 0 Å². The highest BCUT2D eigenvalue weighted by atomic mass is 16.5. The molecule has 0 saturated carbocycles. The van der Waals surface area contributed by atoms with Gasteiger partial charge in [-0.3, -0.25) is 9.59 Å². The summed E-state index contributed by atoms with van der Waals surface area (Å²) in [5.74, 6) is -0.287. The summed E-state index contributed by atoms with van der Waals surface area (Å²) >= 11 is 0. The predicted octanol–water partition coefficient (Wildman–Crippen LogP) is 0.835. The van der Waals surface area contributed by atoms with Gasteiger partial charge in [-0.05, 0) is 37.1 Å². The molecule has 0 atom stereocenters. The normalized spacial score (nSPS) is 17.1. The Hall–Kier alpha value is -1.92. The van der Waals surface area contributed by atoms with Crippen molar-refractivity contribution in [3.63, 3.8) is 0 Å². The maximum Gasteiger partial charge on any atom is 0.253 e. The van der Waals surface area contributed by atoms with Crippen LogP contribution in [0.3, 0.4) is 0 Å². The van der Waals surface area contributed by atoms with Crippen LogP contribution in [0, 0.1) is 0 Å². The van der Waals surface area contributed by atoms with E-state index < -0.39 is 5.54 Å². The number of amides is 2. The Morgan fingerprint density at radius 1 is 1.19 bits per heavy atom. The van der Waals surface area contributed by atoms with Gasteiger partial charge in [-0.1, -0.05) is 0 Å². The quantitative estimate of drug-likeness (QED) is 0.864. The molecular formula is C15H21N3O3. The predicted molar refractivity (Wildman–Crippen MR) is 80.1 cm³/mol. The third kappa shape index (κ3) is 3.59. The largest absolute Gasteiger partial charge is 0.381 e. The van der Waals surface area contributed by atoms with Crippen molar-refractivity contribution < 1.29 is 14.3 Å². The van der Waals surface area contributed by atoms with E-state index in [-0.39, 0.29) is 11.8 Å². The molecule has 1 aromatic carbocycles. The molecule has 2 amide bonds. The zero-order valence-corrected chi connectivity index (χ0v) is 12.4. The van der Waals surface area contributed by atoms with Gasteiger partial charge in [0.05, 0.1) is 0 Å². The van der Waals surface area contributed by atoms with Gasteiger partial charge in [-0.25, -0.2) is 0 Å². The van der Waals surface area contributed by atoms with Crippen molar-refractivity contribution in [3.05, 3.63) is 29.8 Å². The number of benzene rings is 1. The number of hydrogen-bond donors (Lipinski definition) is 2. The van der Waals surface area contributed by atoms with Gasteiger partial charge < -0.3 is 20.7 Å². The van der Waals surface area contributed by atoms with Gasteiger partial charge in [-0.2, -0.15) is 0 Å². The lowest BCUT2D eigenvalue weighted by Crippen LogP contribution is -2.54. The van der Waals surface area contributed by atoms with Crippen molar-refractivity contribution in [2.75, 3.05) is 32.6 Å². The summed E-state index contributed by atoms with van der Waals surface area (Å²) in [7, 11) is 3.39. The number of nitrogens with one attached hydrogen (secondary N) is 1. The molecule has 6 nitrogen and oxygen atoms in total. The Labute approximate surface area is 124 Å². The average Bonchev–Trinajstić information content (AvgIpc) is 2.48. The van der Waals surface area contributed by atoms with E-state index in [2.05, 4.69) is 5.32 Å². The maximum absolute atomic E-state index is 12.2. The summed E-state index contributed by atoms with van der Waals surface area (Å²) in [6, 6.07) is 6.78. The minimum Gasteiger partial charge on any atom is -0.381 e. The maximum atomic E-state index is 12.2. The zero-order valence-electron chi connectivity index (χ0n) is 12.4. The van der Waals surface area contributed by atoms with Crippen molar-refractivity contribution in [2.24, 2.45) is 5.73 Å². The summed E-state index contributed by atoms with van der Waals surface area (Å²) in [4.78, 5) is 25.5. The highest BCUT2D eigenvalue weighted by Crippen LogP contribution is 2.20. The number of rotatable bonds is 3. The van der Waals surface area contributed by atoms with Gasteiger partial charge in [0.1, 0.15) is 5.54 Å². The summed E-state index contributed by atoms with van der Waals surface area (Å²) in [5, 5.41) is 2.80. The zero-order chi connectivity index (χ0) is 15.5. The molecule has 2 rings (SSSR count). The van der Waals surface area contributed by atoms with E-state index >= 15 is 0 Å². The lowest BCUT2D eigenvalue weighted by atomic mass is 9.90. The van der Waals surface area contributed by atoms with Crippen LogP contribution in [0.5, 0.6) is 0 Å². The van der Waals surface area contributed by atoms with E-state index in [0.717, 1.165) is 0 Å². The Morgan fingerprint density at radius 3 is 2.29 bits per heavy atom. The molecule has 1 fully saturated rings. The first-order chi connectivity index (χ1) is 9.92. The van der Waals surface area contributed by atoms with E-state index in [9.17, 15) is 9.59 Å². The van der Waals surface area contributed by atoms with Crippen LogP contribution in [0.2, 0.25) is 0 Å². The molecule has 1 aromatic rings. The minimum atomic E-state index is -0.879. The standard InChI is InChI=1S/C15H21N3O3/c1-18(2)13(19)11-3-5-12(6-4-11)17-14(20)15(16)7-9-21-10-8-15/h3-6H,7-10,16H2,1-2H3,(H,17,20). The van der Waals surface area contributed by atoms with Crippen LogP contribution in [0.25, 0.3) is 0 Å². The summed E-state index contributed by atoms with van der Waals surface area (Å²) in [6.45, 7) is 1.00. The van der Waals surface area contributed by atoms with Gasteiger partial charge in [0.2, 0.25) is 5.91 Å². The molecule has 6 heteroatoms. The molecule has 21 heavy (non-hydrogen) atoms. The molecule has 1 saturated heterocycles. The lowest BCUT2D eigenvalue weighted by molar-refractivity contribution is -0.124. The van der Waals surface area contributed by atoms with Gasteiger partial charge in [0, 0.05) is 38.6 Å². The Morgan fingerprint density at radius 2 is 1.76 bits per heavy atom. The van der Waals surface area contributed by atoms with Crippen LogP contribution in [-0.2, 0) is 9.53 Å². The van der Waals surface area contributed by atoms with Crippen molar-refractivity contribution >= 4 is 17.5 Å². The molecule has 0 spiro atoms. The second-order valence-corrected chi connectivity index (χ2v) is 5.50. The number of ether oxygens (including phenoxy) is 1. The molecule has 3 N–H and O–H groups in total. The van der Waals surface area contributed by atoms with Crippen LogP contribution < -0.4 is 11.1 Å². The molecule has 0 aromatic heterocycles. The molecule has 0 radical (unpaired) electrons. The molecule has 114 valence electrons. The Kier molecular flexibility index (Phi) is 4.59. The Bertz CT molecular complexity index is 519. The highest BCUT2D eigenvalue weighted by molar-refractivity contribution is 5.99. The fourth-order valence-corrected chi connectivity index (χ4v) is 2.17. The van der Waals surface area contributed by atoms with Crippen molar-refractivity contribution in [1.82, 2.24) is 4.90 Å². The monoisotopic (exact) mass is 291 g/mol. The van der Waals surface area contributed by atoms with Crippen LogP contribution in [0.1, 0.15) is 23.2 Å². The SMILES string of the molecule is CN(C)C(=O)c1ccc(NC(=O)C2(N)CCOCC2)cc1. The van der Waals surface area contributed by atoms with Crippen molar-refractivity contribution in [1.29, 1.82) is 0 Å². The smallest absolute Gasteiger partial charge is 0.253 e. The Balaban J connectivity index is 2.03. The van der Waals surface area contributed by atoms with E-state index in [1.807, 2.05) is 0 Å². The van der Waals surface area contributed by atoms with Crippen molar-refractivity contribution in [3.8, 4) is 0 Å². The second kappa shape index (κ2) is 6.24. The van der Waals surface area contributed by atoms with Crippen LogP contribution in [0.15, 0.2) is 24.3 Å². The lowest BCUT2D eigenvalue weighted by Gasteiger charge is -2.31. The molecule has 0 aliphatic carbocycles. The first kappa shape index (κ1) is 15.5. The third-order valence-electron chi connectivity index (χ3n) is 3.63. The number of carbonyl (C=O) groups is 2. The first-order valence-corrected chi connectivity index (χ1v) is 6.92. The van der Waals surface area contributed by atoms with Gasteiger partial charge >= 0.3 is 0 Å². The van der Waals surface area contributed by atoms with Crippen LogP contribution in [-0.4, -0.2) is 49.6 Å². The molecule has 1 aliphatic rings. The number of anilines is 1. The third-order valence-corrected chi connectivity index (χ3v) is 3.63. The molecular weight excluding hydrogens is 270 g/mol. The average molecular weight is 291 g/mol. The van der Waals surface area contributed by atoms with Gasteiger partial charge in [0.25, 0.3) is 5.91 Å². The van der Waals surface area contributed by atoms with E-state index in [1.54, 1.807) is 38.4 Å². The van der Waals surface area contributed by atoms with Crippen LogP contribution >= 0.6 is 0 Å². The number of nitrogens with zero attached hydrogens (tertiary/aromatic N) is 1. The minimum absolute atomic E-state index is 0.0763. The fourth-order valence-electron chi connectivity index (χ4n) is 2.17. The van der Waals surface area contributed by atoms with Gasteiger partial charge in [0.15, 0.2) is 0 Å². The molecule has 1 heterocycles. The topological polar surface area (TPSA) is 84.7 Å². The summed E-state index contributed by atoms with van der Waals surface area (Å²) in [6.07, 6.45) is 1.02. The fraction of sp³-hybridized carbons (Fsp3) is 0.467. The summed E-state index contributed by atoms with van der Waals surface area (Å²) < 4.78 is 5.23. The molecule has 0 bridgehead atoms. The first-order valence-electron chi connectivity index (χ1n) is 6.92. The van der Waals surface area contributed by atoms with E-state index in [1.165, 1.54) is 4.90 Å².